The molecule has 0 fully saturated rings. The molecule has 3 aromatic carbocycles. The lowest BCUT2D eigenvalue weighted by molar-refractivity contribution is -0.394. The van der Waals surface area contributed by atoms with Crippen LogP contribution in [0.15, 0.2) is 66.7 Å². The number of carbonyl (C=O) groups is 2. The molecule has 31 heavy (non-hydrogen) atoms. The summed E-state index contributed by atoms with van der Waals surface area (Å²) in [7, 11) is 0. The van der Waals surface area contributed by atoms with Crippen LogP contribution in [0.2, 0.25) is 5.02 Å². The Morgan fingerprint density at radius 1 is 0.710 bits per heavy atom. The maximum atomic E-state index is 12.5. The third-order valence-corrected chi connectivity index (χ3v) is 4.29. The maximum absolute atomic E-state index is 12.5. The number of hydrogen-bond acceptors (Lipinski definition) is 6. The Balaban J connectivity index is 1.80. The lowest BCUT2D eigenvalue weighted by Crippen LogP contribution is -2.15. The first-order chi connectivity index (χ1) is 14.7. The fraction of sp³-hybridized carbons (Fsp3) is 0. The Morgan fingerprint density at radius 3 is 1.77 bits per heavy atom. The lowest BCUT2D eigenvalue weighted by atomic mass is 10.1. The van der Waals surface area contributed by atoms with Crippen molar-refractivity contribution in [1.82, 2.24) is 0 Å². The fourth-order valence-corrected chi connectivity index (χ4v) is 2.84. The van der Waals surface area contributed by atoms with Gasteiger partial charge in [0.05, 0.1) is 21.5 Å². The molecule has 10 nitrogen and oxygen atoms in total. The number of nitro groups is 2. The average Bonchev–Trinajstić information content (AvgIpc) is 2.73. The molecule has 2 N–H and O–H groups in total. The van der Waals surface area contributed by atoms with E-state index in [1.54, 1.807) is 24.3 Å². The molecule has 11 heteroatoms. The van der Waals surface area contributed by atoms with Crippen LogP contribution in [0.1, 0.15) is 20.7 Å². The molecular formula is C20H13ClN4O6. The number of rotatable bonds is 6. The van der Waals surface area contributed by atoms with E-state index in [4.69, 9.17) is 11.6 Å². The van der Waals surface area contributed by atoms with Gasteiger partial charge in [0.1, 0.15) is 0 Å². The van der Waals surface area contributed by atoms with E-state index < -0.39 is 33.0 Å². The Labute approximate surface area is 179 Å². The zero-order valence-corrected chi connectivity index (χ0v) is 16.3. The van der Waals surface area contributed by atoms with Gasteiger partial charge in [-0.05, 0) is 36.4 Å². The van der Waals surface area contributed by atoms with E-state index in [9.17, 15) is 29.8 Å². The van der Waals surface area contributed by atoms with E-state index >= 15 is 0 Å². The summed E-state index contributed by atoms with van der Waals surface area (Å²) in [6.45, 7) is 0. The molecule has 0 spiro atoms. The van der Waals surface area contributed by atoms with Crippen molar-refractivity contribution >= 4 is 46.2 Å². The second-order valence-electron chi connectivity index (χ2n) is 6.25. The smallest absolute Gasteiger partial charge is 0.277 e. The predicted octanol–water partition coefficient (Wildman–Crippen LogP) is 4.66. The number of halogens is 1. The molecule has 3 rings (SSSR count). The molecule has 0 bridgehead atoms. The molecule has 0 aliphatic carbocycles. The lowest BCUT2D eigenvalue weighted by Gasteiger charge is -2.09. The summed E-state index contributed by atoms with van der Waals surface area (Å²) in [6, 6.07) is 15.1. The zero-order valence-electron chi connectivity index (χ0n) is 15.6. The molecule has 2 amide bonds. The molecule has 0 radical (unpaired) electrons. The summed E-state index contributed by atoms with van der Waals surface area (Å²) in [5.74, 6) is -1.26. The van der Waals surface area contributed by atoms with Crippen LogP contribution in [0.25, 0.3) is 0 Å². The van der Waals surface area contributed by atoms with Crippen molar-refractivity contribution in [2.45, 2.75) is 0 Å². The number of hydrogen-bond donors (Lipinski definition) is 2. The van der Waals surface area contributed by atoms with Crippen LogP contribution in [0.4, 0.5) is 22.7 Å². The summed E-state index contributed by atoms with van der Waals surface area (Å²) in [6.07, 6.45) is 0. The number of benzene rings is 3. The monoisotopic (exact) mass is 440 g/mol. The highest BCUT2D eigenvalue weighted by Crippen LogP contribution is 2.24. The number of amides is 2. The Hall–Kier alpha value is -4.31. The van der Waals surface area contributed by atoms with Crippen molar-refractivity contribution in [3.8, 4) is 0 Å². The topological polar surface area (TPSA) is 144 Å². The number of non-ortho nitro benzene ring substituents is 2. The molecule has 0 saturated heterocycles. The van der Waals surface area contributed by atoms with Gasteiger partial charge in [0.2, 0.25) is 0 Å². The molecule has 0 heterocycles. The van der Waals surface area contributed by atoms with Crippen molar-refractivity contribution in [1.29, 1.82) is 0 Å². The summed E-state index contributed by atoms with van der Waals surface area (Å²) < 4.78 is 0. The number of nitrogens with one attached hydrogen (secondary N) is 2. The first kappa shape index (κ1) is 21.4. The molecular weight excluding hydrogens is 428 g/mol. The van der Waals surface area contributed by atoms with Crippen LogP contribution < -0.4 is 10.6 Å². The molecule has 3 aromatic rings. The minimum Gasteiger partial charge on any atom is -0.322 e. The van der Waals surface area contributed by atoms with Crippen LogP contribution in [0, 0.1) is 20.2 Å². The minimum atomic E-state index is -0.829. The normalized spacial score (nSPS) is 10.2. The molecule has 156 valence electrons. The van der Waals surface area contributed by atoms with Crippen LogP contribution >= 0.6 is 11.6 Å². The Bertz CT molecular complexity index is 1180. The highest BCUT2D eigenvalue weighted by molar-refractivity contribution is 6.31. The van der Waals surface area contributed by atoms with Gasteiger partial charge in [-0.2, -0.15) is 0 Å². The maximum Gasteiger partial charge on any atom is 0.277 e. The number of anilines is 2. The van der Waals surface area contributed by atoms with Gasteiger partial charge in [0.15, 0.2) is 0 Å². The highest BCUT2D eigenvalue weighted by Gasteiger charge is 2.20. The van der Waals surface area contributed by atoms with E-state index in [0.717, 1.165) is 18.2 Å². The van der Waals surface area contributed by atoms with E-state index in [1.165, 1.54) is 24.3 Å². The number of nitro benzene ring substituents is 2. The zero-order chi connectivity index (χ0) is 22.5. The van der Waals surface area contributed by atoms with Crippen LogP contribution in [0.5, 0.6) is 0 Å². The summed E-state index contributed by atoms with van der Waals surface area (Å²) in [5, 5.41) is 27.6. The highest BCUT2D eigenvalue weighted by atomic mass is 35.5. The van der Waals surface area contributed by atoms with Crippen LogP contribution in [0.3, 0.4) is 0 Å². The van der Waals surface area contributed by atoms with E-state index in [2.05, 4.69) is 10.6 Å². The Morgan fingerprint density at radius 2 is 1.23 bits per heavy atom. The van der Waals surface area contributed by atoms with Gasteiger partial charge in [-0.25, -0.2) is 0 Å². The van der Waals surface area contributed by atoms with Crippen molar-refractivity contribution < 1.29 is 19.4 Å². The second kappa shape index (κ2) is 9.01. The van der Waals surface area contributed by atoms with Gasteiger partial charge >= 0.3 is 0 Å². The molecule has 0 unspecified atom stereocenters. The number of nitrogens with zero attached hydrogens (tertiary/aromatic N) is 2. The van der Waals surface area contributed by atoms with Crippen LogP contribution in [-0.4, -0.2) is 21.7 Å². The first-order valence-electron chi connectivity index (χ1n) is 8.65. The standard InChI is InChI=1S/C20H13ClN4O6/c21-14-4-2-6-16(10-14)23-19(26)12-3-1-5-15(7-12)22-20(27)13-8-17(24(28)29)11-18(9-13)25(30)31/h1-11H,(H,22,27)(H,23,26). The third-order valence-electron chi connectivity index (χ3n) is 4.05. The average molecular weight is 441 g/mol. The van der Waals surface area contributed by atoms with Crippen LogP contribution in [-0.2, 0) is 0 Å². The fourth-order valence-electron chi connectivity index (χ4n) is 2.65. The molecule has 0 saturated carbocycles. The van der Waals surface area contributed by atoms with E-state index in [0.29, 0.717) is 10.7 Å². The second-order valence-corrected chi connectivity index (χ2v) is 6.69. The van der Waals surface area contributed by atoms with Crippen molar-refractivity contribution in [2.24, 2.45) is 0 Å². The molecule has 0 aliphatic heterocycles. The minimum absolute atomic E-state index is 0.220. The quantitative estimate of drug-likeness (QED) is 0.421. The third kappa shape index (κ3) is 5.40. The van der Waals surface area contributed by atoms with Crippen molar-refractivity contribution in [3.63, 3.8) is 0 Å². The SMILES string of the molecule is O=C(Nc1cccc(Cl)c1)c1cccc(NC(=O)c2cc([N+](=O)[O-])cc([N+](=O)[O-])c2)c1. The van der Waals surface area contributed by atoms with Gasteiger partial charge in [-0.15, -0.1) is 0 Å². The van der Waals surface area contributed by atoms with Gasteiger partial charge in [0.25, 0.3) is 23.2 Å². The van der Waals surface area contributed by atoms with Gasteiger partial charge in [0, 0.05) is 34.1 Å². The first-order valence-corrected chi connectivity index (χ1v) is 9.03. The molecule has 0 aromatic heterocycles. The van der Waals surface area contributed by atoms with Gasteiger partial charge < -0.3 is 10.6 Å². The van der Waals surface area contributed by atoms with E-state index in [1.807, 2.05) is 0 Å². The predicted molar refractivity (Wildman–Crippen MR) is 114 cm³/mol. The van der Waals surface area contributed by atoms with Gasteiger partial charge in [-0.3, -0.25) is 29.8 Å². The van der Waals surface area contributed by atoms with Crippen molar-refractivity contribution in [2.75, 3.05) is 10.6 Å². The summed E-state index contributed by atoms with van der Waals surface area (Å²) >= 11 is 5.89. The Kier molecular flexibility index (Phi) is 6.22. The number of carbonyl (C=O) groups excluding carboxylic acids is 2. The molecule has 0 aliphatic rings. The largest absolute Gasteiger partial charge is 0.322 e. The summed E-state index contributed by atoms with van der Waals surface area (Å²) in [5.41, 5.74) is -0.519. The van der Waals surface area contributed by atoms with E-state index in [-0.39, 0.29) is 16.8 Å². The van der Waals surface area contributed by atoms with Gasteiger partial charge in [-0.1, -0.05) is 23.7 Å². The van der Waals surface area contributed by atoms with Crippen molar-refractivity contribution in [3.05, 3.63) is 103 Å². The summed E-state index contributed by atoms with van der Waals surface area (Å²) in [4.78, 5) is 45.3. The molecule has 0 atom stereocenters.